The van der Waals surface area contributed by atoms with Gasteiger partial charge in [-0.25, -0.2) is 13.4 Å². The van der Waals surface area contributed by atoms with Crippen molar-refractivity contribution in [2.75, 3.05) is 7.11 Å². The van der Waals surface area contributed by atoms with Crippen molar-refractivity contribution in [3.63, 3.8) is 0 Å². The maximum Gasteiger partial charge on any atom is 0.273 e. The number of aromatic nitrogens is 1. The van der Waals surface area contributed by atoms with Gasteiger partial charge in [0, 0.05) is 23.6 Å². The molecule has 0 saturated carbocycles. The van der Waals surface area contributed by atoms with Crippen molar-refractivity contribution in [3.05, 3.63) is 117 Å². The number of sulfone groups is 1. The number of methoxy groups -OCH3 is 1. The molecule has 0 unspecified atom stereocenters. The van der Waals surface area contributed by atoms with Crippen molar-refractivity contribution in [2.24, 2.45) is 0 Å². The fourth-order valence-corrected chi connectivity index (χ4v) is 6.11. The van der Waals surface area contributed by atoms with E-state index in [0.29, 0.717) is 33.9 Å². The maximum atomic E-state index is 13.9. The predicted molar refractivity (Wildman–Crippen MR) is 144 cm³/mol. The zero-order chi connectivity index (χ0) is 27.1. The minimum absolute atomic E-state index is 0.00813. The summed E-state index contributed by atoms with van der Waals surface area (Å²) in [6.07, 6.45) is 0.00813. The van der Waals surface area contributed by atoms with E-state index < -0.39 is 14.8 Å². The van der Waals surface area contributed by atoms with Crippen LogP contribution in [0.5, 0.6) is 11.5 Å². The summed E-state index contributed by atoms with van der Waals surface area (Å²) in [5, 5.41) is 11.3. The number of allylic oxidation sites excluding steroid dienone is 1. The van der Waals surface area contributed by atoms with Gasteiger partial charge in [-0.05, 0) is 60.2 Å². The molecule has 0 saturated heterocycles. The summed E-state index contributed by atoms with van der Waals surface area (Å²) in [7, 11) is -2.54. The van der Waals surface area contributed by atoms with Crippen molar-refractivity contribution >= 4 is 32.4 Å². The molecule has 0 fully saturated rings. The lowest BCUT2D eigenvalue weighted by Gasteiger charge is -2.24. The molecular weight excluding hydrogens is 520 g/mol. The van der Waals surface area contributed by atoms with Crippen LogP contribution >= 0.6 is 0 Å². The van der Waals surface area contributed by atoms with E-state index >= 15 is 0 Å². The lowest BCUT2D eigenvalue weighted by molar-refractivity contribution is -0.385. The molecule has 0 N–H and O–H groups in total. The first-order valence-electron chi connectivity index (χ1n) is 11.9. The maximum absolute atomic E-state index is 13.9. The first-order valence-corrected chi connectivity index (χ1v) is 13.4. The van der Waals surface area contributed by atoms with E-state index in [1.165, 1.54) is 13.2 Å². The number of para-hydroxylation sites is 2. The highest BCUT2D eigenvalue weighted by Gasteiger charge is 2.35. The Morgan fingerprint density at radius 1 is 0.923 bits per heavy atom. The molecule has 5 aromatic rings. The topological polar surface area (TPSA) is 122 Å². The predicted octanol–water partition coefficient (Wildman–Crippen LogP) is 6.19. The number of benzene rings is 4. The monoisotopic (exact) mass is 540 g/mol. The molecule has 2 heterocycles. The summed E-state index contributed by atoms with van der Waals surface area (Å²) in [6, 6.07) is 24.9. The van der Waals surface area contributed by atoms with Gasteiger partial charge in [-0.15, -0.1) is 0 Å². The van der Waals surface area contributed by atoms with Gasteiger partial charge >= 0.3 is 0 Å². The van der Waals surface area contributed by atoms with Gasteiger partial charge in [0.05, 0.1) is 23.0 Å². The Labute approximate surface area is 223 Å². The fourth-order valence-electron chi connectivity index (χ4n) is 4.47. The molecule has 194 valence electrons. The Balaban J connectivity index is 1.46. The van der Waals surface area contributed by atoms with E-state index in [1.54, 1.807) is 30.3 Å². The summed E-state index contributed by atoms with van der Waals surface area (Å²) >= 11 is 0. The normalized spacial score (nSPS) is 14.1. The number of non-ortho nitro benzene ring substituents is 1. The Hall–Kier alpha value is -4.96. The average molecular weight is 541 g/mol. The van der Waals surface area contributed by atoms with E-state index in [4.69, 9.17) is 13.9 Å². The molecule has 0 aliphatic carbocycles. The summed E-state index contributed by atoms with van der Waals surface area (Å²) in [5.41, 5.74) is 2.97. The van der Waals surface area contributed by atoms with Crippen LogP contribution in [0.15, 0.2) is 105 Å². The number of nitrogens with zero attached hydrogens (tertiary/aromatic N) is 2. The molecule has 1 aromatic heterocycles. The smallest absolute Gasteiger partial charge is 0.273 e. The average Bonchev–Trinajstić information content (AvgIpc) is 3.39. The first-order chi connectivity index (χ1) is 18.8. The molecule has 10 heteroatoms. The van der Waals surface area contributed by atoms with Crippen molar-refractivity contribution < 1.29 is 27.2 Å². The van der Waals surface area contributed by atoms with Crippen LogP contribution in [0.25, 0.3) is 28.3 Å². The second-order valence-electron chi connectivity index (χ2n) is 8.84. The van der Waals surface area contributed by atoms with Gasteiger partial charge < -0.3 is 13.9 Å². The molecule has 0 radical (unpaired) electrons. The van der Waals surface area contributed by atoms with Gasteiger partial charge in [-0.1, -0.05) is 24.3 Å². The van der Waals surface area contributed by atoms with Crippen LogP contribution in [0, 0.1) is 10.1 Å². The minimum Gasteiger partial charge on any atom is -0.497 e. The van der Waals surface area contributed by atoms with Crippen LogP contribution in [-0.2, 0) is 16.3 Å². The molecular formula is C29H20N2O7S. The highest BCUT2D eigenvalue weighted by Crippen LogP contribution is 2.43. The van der Waals surface area contributed by atoms with Gasteiger partial charge in [0.2, 0.25) is 15.7 Å². The number of nitro groups is 1. The molecule has 6 rings (SSSR count). The van der Waals surface area contributed by atoms with Crippen molar-refractivity contribution in [2.45, 2.75) is 11.3 Å². The number of nitro benzene ring substituents is 1. The van der Waals surface area contributed by atoms with Crippen LogP contribution < -0.4 is 9.47 Å². The number of hydrogen-bond donors (Lipinski definition) is 0. The second kappa shape index (κ2) is 9.41. The fraction of sp³-hybridized carbons (Fsp3) is 0.0690. The Bertz CT molecular complexity index is 1860. The molecule has 0 amide bonds. The molecule has 1 aliphatic rings. The molecule has 0 spiro atoms. The zero-order valence-corrected chi connectivity index (χ0v) is 21.3. The molecule has 39 heavy (non-hydrogen) atoms. The van der Waals surface area contributed by atoms with Gasteiger partial charge in [0.1, 0.15) is 21.9 Å². The van der Waals surface area contributed by atoms with E-state index in [0.717, 1.165) is 17.6 Å². The molecule has 0 atom stereocenters. The number of oxazole rings is 1. The lowest BCUT2D eigenvalue weighted by atomic mass is 10.1. The van der Waals surface area contributed by atoms with Gasteiger partial charge in [0.25, 0.3) is 5.69 Å². The Morgan fingerprint density at radius 2 is 1.72 bits per heavy atom. The summed E-state index contributed by atoms with van der Waals surface area (Å²) in [5.74, 6) is 1.00. The highest BCUT2D eigenvalue weighted by atomic mass is 32.2. The standard InChI is InChI=1S/C29H20N2O7S/c1-36-22-12-9-19(10-13-22)28-27(39(34,35)26-14-11-21(31(32)33)17-25(26)37-28)16-18-5-4-6-20(15-18)29-30-23-7-2-3-8-24(23)38-29/h2-15,17H,16H2,1H3. The third kappa shape index (κ3) is 4.40. The largest absolute Gasteiger partial charge is 0.497 e. The number of rotatable bonds is 6. The summed E-state index contributed by atoms with van der Waals surface area (Å²) in [4.78, 5) is 15.2. The van der Waals surface area contributed by atoms with E-state index in [-0.39, 0.29) is 33.4 Å². The number of ether oxygens (including phenoxy) is 2. The quantitative estimate of drug-likeness (QED) is 0.185. The minimum atomic E-state index is -4.07. The van der Waals surface area contributed by atoms with Crippen LogP contribution in [-0.4, -0.2) is 25.4 Å². The van der Waals surface area contributed by atoms with Crippen LogP contribution in [0.2, 0.25) is 0 Å². The Morgan fingerprint density at radius 3 is 2.46 bits per heavy atom. The van der Waals surface area contributed by atoms with E-state index in [9.17, 15) is 18.5 Å². The van der Waals surface area contributed by atoms with Gasteiger partial charge in [-0.3, -0.25) is 10.1 Å². The van der Waals surface area contributed by atoms with Crippen LogP contribution in [0.1, 0.15) is 11.1 Å². The lowest BCUT2D eigenvalue weighted by Crippen LogP contribution is -2.19. The van der Waals surface area contributed by atoms with E-state index in [2.05, 4.69) is 4.98 Å². The second-order valence-corrected chi connectivity index (χ2v) is 10.8. The van der Waals surface area contributed by atoms with Crippen molar-refractivity contribution in [3.8, 4) is 23.0 Å². The van der Waals surface area contributed by atoms with Gasteiger partial charge in [-0.2, -0.15) is 0 Å². The van der Waals surface area contributed by atoms with Crippen molar-refractivity contribution in [1.29, 1.82) is 0 Å². The zero-order valence-electron chi connectivity index (χ0n) is 20.5. The number of hydrogen-bond acceptors (Lipinski definition) is 8. The number of fused-ring (bicyclic) bond motifs is 2. The van der Waals surface area contributed by atoms with Gasteiger partial charge in [0.15, 0.2) is 11.3 Å². The third-order valence-corrected chi connectivity index (χ3v) is 8.30. The molecule has 9 nitrogen and oxygen atoms in total. The van der Waals surface area contributed by atoms with E-state index in [1.807, 2.05) is 42.5 Å². The third-order valence-electron chi connectivity index (χ3n) is 6.40. The summed E-state index contributed by atoms with van der Waals surface area (Å²) in [6.45, 7) is 0. The first kappa shape index (κ1) is 24.4. The summed E-state index contributed by atoms with van der Waals surface area (Å²) < 4.78 is 45.0. The highest BCUT2D eigenvalue weighted by molar-refractivity contribution is 7.95. The van der Waals surface area contributed by atoms with Crippen LogP contribution in [0.3, 0.4) is 0 Å². The van der Waals surface area contributed by atoms with Crippen LogP contribution in [0.4, 0.5) is 5.69 Å². The molecule has 4 aromatic carbocycles. The Kier molecular flexibility index (Phi) is 5.88. The van der Waals surface area contributed by atoms with Crippen molar-refractivity contribution in [1.82, 2.24) is 4.98 Å². The SMILES string of the molecule is COc1ccc(C2=C(Cc3cccc(-c4nc5ccccc5o4)c3)S(=O)(=O)c3ccc([N+](=O)[O-])cc3O2)cc1. The molecule has 0 bridgehead atoms. The molecule has 1 aliphatic heterocycles.